The first kappa shape index (κ1) is 12.1. The van der Waals surface area contributed by atoms with Gasteiger partial charge in [-0.25, -0.2) is 0 Å². The Morgan fingerprint density at radius 2 is 2.06 bits per heavy atom. The van der Waals surface area contributed by atoms with Crippen molar-refractivity contribution in [3.05, 3.63) is 35.4 Å². The Kier molecular flexibility index (Phi) is 4.38. The molecule has 0 aliphatic carbocycles. The summed E-state index contributed by atoms with van der Waals surface area (Å²) in [6.07, 6.45) is 1.21. The highest BCUT2D eigenvalue weighted by molar-refractivity contribution is 9.09. The lowest BCUT2D eigenvalue weighted by atomic mass is 10.0. The summed E-state index contributed by atoms with van der Waals surface area (Å²) in [5.41, 5.74) is 2.62. The minimum Gasteiger partial charge on any atom is -0.376 e. The van der Waals surface area contributed by atoms with Crippen molar-refractivity contribution in [3.8, 4) is 0 Å². The van der Waals surface area contributed by atoms with E-state index in [4.69, 9.17) is 9.47 Å². The quantitative estimate of drug-likeness (QED) is 0.794. The first-order chi connectivity index (χ1) is 7.81. The summed E-state index contributed by atoms with van der Waals surface area (Å²) >= 11 is 3.69. The second-order valence-electron chi connectivity index (χ2n) is 3.98. The van der Waals surface area contributed by atoms with Gasteiger partial charge in [-0.05, 0) is 17.5 Å². The lowest BCUT2D eigenvalue weighted by Gasteiger charge is -2.27. The van der Waals surface area contributed by atoms with E-state index < -0.39 is 0 Å². The normalized spacial score (nSPS) is 23.0. The molecular formula is C13H17BrO2. The molecule has 3 heteroatoms. The third-order valence-corrected chi connectivity index (χ3v) is 3.99. The van der Waals surface area contributed by atoms with E-state index in [1.165, 1.54) is 11.1 Å². The van der Waals surface area contributed by atoms with E-state index in [-0.39, 0.29) is 10.9 Å². The van der Waals surface area contributed by atoms with Crippen molar-refractivity contribution >= 4 is 15.9 Å². The van der Waals surface area contributed by atoms with E-state index in [1.54, 1.807) is 0 Å². The number of aryl methyl sites for hydroxylation is 1. The molecule has 0 aromatic heterocycles. The van der Waals surface area contributed by atoms with Crippen molar-refractivity contribution in [1.82, 2.24) is 0 Å². The molecule has 0 saturated carbocycles. The molecule has 0 bridgehead atoms. The Balaban J connectivity index is 2.04. The number of halogens is 1. The molecule has 1 fully saturated rings. The minimum atomic E-state index is 0.126. The van der Waals surface area contributed by atoms with Gasteiger partial charge in [-0.15, -0.1) is 0 Å². The fraction of sp³-hybridized carbons (Fsp3) is 0.538. The van der Waals surface area contributed by atoms with E-state index in [9.17, 15) is 0 Å². The summed E-state index contributed by atoms with van der Waals surface area (Å²) < 4.78 is 11.1. The van der Waals surface area contributed by atoms with E-state index in [0.29, 0.717) is 19.8 Å². The third-order valence-electron chi connectivity index (χ3n) is 2.87. The maximum absolute atomic E-state index is 5.68. The van der Waals surface area contributed by atoms with Crippen LogP contribution in [0.25, 0.3) is 0 Å². The lowest BCUT2D eigenvalue weighted by Crippen LogP contribution is -2.31. The van der Waals surface area contributed by atoms with E-state index in [0.717, 1.165) is 6.42 Å². The Bertz CT molecular complexity index is 317. The number of hydrogen-bond donors (Lipinski definition) is 0. The second-order valence-corrected chi connectivity index (χ2v) is 4.97. The summed E-state index contributed by atoms with van der Waals surface area (Å²) in [7, 11) is 0. The van der Waals surface area contributed by atoms with Crippen LogP contribution in [-0.2, 0) is 15.9 Å². The van der Waals surface area contributed by atoms with E-state index in [1.807, 2.05) is 0 Å². The van der Waals surface area contributed by atoms with Crippen LogP contribution in [-0.4, -0.2) is 25.9 Å². The molecule has 1 saturated heterocycles. The smallest absolute Gasteiger partial charge is 0.0975 e. The Labute approximate surface area is 105 Å². The van der Waals surface area contributed by atoms with Gasteiger partial charge >= 0.3 is 0 Å². The number of alkyl halides is 1. The first-order valence-corrected chi connectivity index (χ1v) is 6.65. The maximum atomic E-state index is 5.68. The zero-order valence-electron chi connectivity index (χ0n) is 9.49. The van der Waals surface area contributed by atoms with Crippen LogP contribution in [0.3, 0.4) is 0 Å². The van der Waals surface area contributed by atoms with Crippen LogP contribution in [0.15, 0.2) is 24.3 Å². The van der Waals surface area contributed by atoms with Crippen molar-refractivity contribution in [2.75, 3.05) is 19.8 Å². The van der Waals surface area contributed by atoms with Crippen molar-refractivity contribution in [3.63, 3.8) is 0 Å². The molecule has 2 nitrogen and oxygen atoms in total. The molecule has 1 aliphatic heterocycles. The van der Waals surface area contributed by atoms with E-state index in [2.05, 4.69) is 47.1 Å². The topological polar surface area (TPSA) is 18.5 Å². The number of ether oxygens (including phenoxy) is 2. The fourth-order valence-corrected chi connectivity index (χ4v) is 2.44. The molecule has 2 unspecified atom stereocenters. The standard InChI is InChI=1S/C13H17BrO2/c1-2-10-3-5-11(6-4-10)13(14)12-9-15-7-8-16-12/h3-6,12-13H,2,7-9H2,1H3. The van der Waals surface area contributed by atoms with Gasteiger partial charge in [0.15, 0.2) is 0 Å². The minimum absolute atomic E-state index is 0.126. The van der Waals surface area contributed by atoms with Crippen LogP contribution in [0.1, 0.15) is 22.9 Å². The monoisotopic (exact) mass is 284 g/mol. The van der Waals surface area contributed by atoms with Gasteiger partial charge in [0.1, 0.15) is 0 Å². The van der Waals surface area contributed by atoms with Crippen LogP contribution in [0.2, 0.25) is 0 Å². The molecule has 0 N–H and O–H groups in total. The van der Waals surface area contributed by atoms with Gasteiger partial charge in [-0.2, -0.15) is 0 Å². The molecule has 0 amide bonds. The van der Waals surface area contributed by atoms with Gasteiger partial charge in [0.2, 0.25) is 0 Å². The highest BCUT2D eigenvalue weighted by Gasteiger charge is 2.24. The third kappa shape index (κ3) is 2.84. The Morgan fingerprint density at radius 1 is 1.31 bits per heavy atom. The summed E-state index contributed by atoms with van der Waals surface area (Å²) in [5.74, 6) is 0. The maximum Gasteiger partial charge on any atom is 0.0975 e. The average Bonchev–Trinajstić information content (AvgIpc) is 2.39. The molecule has 0 radical (unpaired) electrons. The largest absolute Gasteiger partial charge is 0.376 e. The molecular weight excluding hydrogens is 268 g/mol. The number of benzene rings is 1. The van der Waals surface area contributed by atoms with Crippen molar-refractivity contribution in [1.29, 1.82) is 0 Å². The van der Waals surface area contributed by atoms with Gasteiger partial charge in [-0.3, -0.25) is 0 Å². The summed E-state index contributed by atoms with van der Waals surface area (Å²) in [6.45, 7) is 4.24. The molecule has 16 heavy (non-hydrogen) atoms. The predicted octanol–water partition coefficient (Wildman–Crippen LogP) is 3.10. The highest BCUT2D eigenvalue weighted by Crippen LogP contribution is 2.30. The summed E-state index contributed by atoms with van der Waals surface area (Å²) in [4.78, 5) is 0.221. The predicted molar refractivity (Wildman–Crippen MR) is 68.0 cm³/mol. The zero-order valence-corrected chi connectivity index (χ0v) is 11.1. The van der Waals surface area contributed by atoms with Gasteiger partial charge in [0, 0.05) is 0 Å². The average molecular weight is 285 g/mol. The molecule has 2 atom stereocenters. The van der Waals surface area contributed by atoms with Crippen molar-refractivity contribution in [2.24, 2.45) is 0 Å². The van der Waals surface area contributed by atoms with Crippen LogP contribution in [0, 0.1) is 0 Å². The van der Waals surface area contributed by atoms with E-state index >= 15 is 0 Å². The molecule has 2 rings (SSSR count). The van der Waals surface area contributed by atoms with Crippen LogP contribution < -0.4 is 0 Å². The second kappa shape index (κ2) is 5.80. The zero-order chi connectivity index (χ0) is 11.4. The molecule has 1 heterocycles. The SMILES string of the molecule is CCc1ccc(C(Br)C2COCCO2)cc1. The lowest BCUT2D eigenvalue weighted by molar-refractivity contribution is -0.0876. The summed E-state index contributed by atoms with van der Waals surface area (Å²) in [6, 6.07) is 8.67. The van der Waals surface area contributed by atoms with Gasteiger partial charge in [-0.1, -0.05) is 47.1 Å². The Hall–Kier alpha value is -0.380. The van der Waals surface area contributed by atoms with Gasteiger partial charge in [0.25, 0.3) is 0 Å². The summed E-state index contributed by atoms with van der Waals surface area (Å²) in [5, 5.41) is 0. The van der Waals surface area contributed by atoms with Crippen LogP contribution >= 0.6 is 15.9 Å². The van der Waals surface area contributed by atoms with Crippen LogP contribution in [0.5, 0.6) is 0 Å². The first-order valence-electron chi connectivity index (χ1n) is 5.73. The van der Waals surface area contributed by atoms with Gasteiger partial charge < -0.3 is 9.47 Å². The highest BCUT2D eigenvalue weighted by atomic mass is 79.9. The van der Waals surface area contributed by atoms with Crippen molar-refractivity contribution < 1.29 is 9.47 Å². The molecule has 1 aromatic carbocycles. The fourth-order valence-electron chi connectivity index (χ4n) is 1.83. The number of rotatable bonds is 3. The molecule has 0 spiro atoms. The molecule has 1 aromatic rings. The Morgan fingerprint density at radius 3 is 2.62 bits per heavy atom. The van der Waals surface area contributed by atoms with Crippen molar-refractivity contribution in [2.45, 2.75) is 24.3 Å². The molecule has 88 valence electrons. The van der Waals surface area contributed by atoms with Gasteiger partial charge in [0.05, 0.1) is 30.8 Å². The van der Waals surface area contributed by atoms with Crippen LogP contribution in [0.4, 0.5) is 0 Å². The number of hydrogen-bond acceptors (Lipinski definition) is 2. The molecule has 1 aliphatic rings.